The van der Waals surface area contributed by atoms with Gasteiger partial charge in [0.15, 0.2) is 0 Å². The number of nitrogens with zero attached hydrogens (tertiary/aromatic N) is 3. The Bertz CT molecular complexity index is 878. The average molecular weight is 402 g/mol. The second-order valence-corrected chi connectivity index (χ2v) is 8.25. The molecule has 1 aromatic carbocycles. The number of carbonyl (C=O) groups excluding carboxylic acids is 2. The molecule has 2 heterocycles. The van der Waals surface area contributed by atoms with Gasteiger partial charge >= 0.3 is 6.09 Å². The molecular formula is C21H27FN4O3. The molecule has 0 atom stereocenters. The van der Waals surface area contributed by atoms with Gasteiger partial charge in [-0.05, 0) is 64.8 Å². The minimum atomic E-state index is -0.523. The second kappa shape index (κ2) is 8.23. The number of piperidine rings is 1. The van der Waals surface area contributed by atoms with Gasteiger partial charge in [-0.1, -0.05) is 0 Å². The number of carbonyl (C=O) groups is 2. The summed E-state index contributed by atoms with van der Waals surface area (Å²) < 4.78 is 20.1. The Kier molecular flexibility index (Phi) is 5.91. The van der Waals surface area contributed by atoms with Crippen molar-refractivity contribution >= 4 is 12.0 Å². The molecule has 0 unspecified atom stereocenters. The molecule has 0 aliphatic carbocycles. The van der Waals surface area contributed by atoms with Crippen LogP contribution >= 0.6 is 0 Å². The van der Waals surface area contributed by atoms with Crippen LogP contribution in [0.15, 0.2) is 30.5 Å². The molecule has 1 aliphatic heterocycles. The van der Waals surface area contributed by atoms with E-state index in [0.717, 1.165) is 0 Å². The Morgan fingerprint density at radius 1 is 1.17 bits per heavy atom. The van der Waals surface area contributed by atoms with Gasteiger partial charge in [0.25, 0.3) is 5.91 Å². The molecular weight excluding hydrogens is 375 g/mol. The molecule has 1 saturated heterocycles. The summed E-state index contributed by atoms with van der Waals surface area (Å²) in [7, 11) is 0. The molecule has 1 N–H and O–H groups in total. The molecule has 0 bridgehead atoms. The van der Waals surface area contributed by atoms with E-state index in [1.807, 2.05) is 20.8 Å². The Hall–Kier alpha value is -2.90. The second-order valence-electron chi connectivity index (χ2n) is 8.25. The number of amides is 2. The maximum absolute atomic E-state index is 13.1. The van der Waals surface area contributed by atoms with Crippen molar-refractivity contribution in [2.45, 2.75) is 52.2 Å². The minimum Gasteiger partial charge on any atom is -0.444 e. The lowest BCUT2D eigenvalue weighted by Crippen LogP contribution is -2.47. The van der Waals surface area contributed by atoms with Crippen LogP contribution in [0.4, 0.5) is 9.18 Å². The van der Waals surface area contributed by atoms with Gasteiger partial charge in [0.2, 0.25) is 0 Å². The molecule has 1 fully saturated rings. The fraction of sp³-hybridized carbons (Fsp3) is 0.476. The van der Waals surface area contributed by atoms with Crippen LogP contribution in [0.5, 0.6) is 0 Å². The summed E-state index contributed by atoms with van der Waals surface area (Å²) in [6.45, 7) is 8.39. The van der Waals surface area contributed by atoms with E-state index in [9.17, 15) is 14.0 Å². The van der Waals surface area contributed by atoms with Crippen LogP contribution in [0.3, 0.4) is 0 Å². The third-order valence-electron chi connectivity index (χ3n) is 4.81. The molecule has 0 spiro atoms. The summed E-state index contributed by atoms with van der Waals surface area (Å²) in [6, 6.07) is 5.92. The third kappa shape index (κ3) is 5.13. The Morgan fingerprint density at radius 2 is 1.79 bits per heavy atom. The van der Waals surface area contributed by atoms with Gasteiger partial charge in [-0.3, -0.25) is 4.79 Å². The van der Waals surface area contributed by atoms with Crippen molar-refractivity contribution in [3.05, 3.63) is 47.5 Å². The van der Waals surface area contributed by atoms with Gasteiger partial charge in [0.05, 0.1) is 23.1 Å². The average Bonchev–Trinajstić information content (AvgIpc) is 3.03. The summed E-state index contributed by atoms with van der Waals surface area (Å²) in [5.41, 5.74) is 1.32. The zero-order chi connectivity index (χ0) is 21.2. The van der Waals surface area contributed by atoms with Crippen LogP contribution in [-0.4, -0.2) is 51.4 Å². The first-order valence-electron chi connectivity index (χ1n) is 9.73. The van der Waals surface area contributed by atoms with E-state index in [1.54, 1.807) is 28.6 Å². The van der Waals surface area contributed by atoms with Crippen molar-refractivity contribution in [3.63, 3.8) is 0 Å². The smallest absolute Gasteiger partial charge is 0.410 e. The molecule has 1 aliphatic rings. The lowest BCUT2D eigenvalue weighted by Gasteiger charge is -2.33. The number of hydrogen-bond acceptors (Lipinski definition) is 4. The highest BCUT2D eigenvalue weighted by molar-refractivity contribution is 5.95. The quantitative estimate of drug-likeness (QED) is 0.853. The van der Waals surface area contributed by atoms with E-state index in [0.29, 0.717) is 42.9 Å². The van der Waals surface area contributed by atoms with E-state index < -0.39 is 5.60 Å². The van der Waals surface area contributed by atoms with Crippen molar-refractivity contribution in [3.8, 4) is 5.69 Å². The van der Waals surface area contributed by atoms with E-state index in [4.69, 9.17) is 4.74 Å². The molecule has 156 valence electrons. The highest BCUT2D eigenvalue weighted by atomic mass is 19.1. The lowest BCUT2D eigenvalue weighted by molar-refractivity contribution is 0.0199. The molecule has 3 rings (SSSR count). The zero-order valence-corrected chi connectivity index (χ0v) is 17.2. The van der Waals surface area contributed by atoms with E-state index in [-0.39, 0.29) is 23.9 Å². The number of benzene rings is 1. The molecule has 8 heteroatoms. The third-order valence-corrected chi connectivity index (χ3v) is 4.81. The van der Waals surface area contributed by atoms with Crippen LogP contribution < -0.4 is 5.32 Å². The number of likely N-dealkylation sites (tertiary alicyclic amines) is 1. The van der Waals surface area contributed by atoms with Crippen molar-refractivity contribution in [2.24, 2.45) is 0 Å². The molecule has 0 radical (unpaired) electrons. The van der Waals surface area contributed by atoms with Gasteiger partial charge in [0.1, 0.15) is 11.4 Å². The fourth-order valence-corrected chi connectivity index (χ4v) is 3.27. The molecule has 2 aromatic rings. The molecule has 7 nitrogen and oxygen atoms in total. The molecule has 29 heavy (non-hydrogen) atoms. The Morgan fingerprint density at radius 3 is 2.38 bits per heavy atom. The number of hydrogen-bond donors (Lipinski definition) is 1. The van der Waals surface area contributed by atoms with Gasteiger partial charge in [-0.15, -0.1) is 0 Å². The Balaban J connectivity index is 1.58. The fourth-order valence-electron chi connectivity index (χ4n) is 3.27. The predicted molar refractivity (Wildman–Crippen MR) is 107 cm³/mol. The summed E-state index contributed by atoms with van der Waals surface area (Å²) >= 11 is 0. The van der Waals surface area contributed by atoms with Crippen molar-refractivity contribution < 1.29 is 18.7 Å². The first-order valence-corrected chi connectivity index (χ1v) is 9.73. The summed E-state index contributed by atoms with van der Waals surface area (Å²) in [6.07, 6.45) is 2.52. The normalized spacial score (nSPS) is 15.3. The predicted octanol–water partition coefficient (Wildman–Crippen LogP) is 3.45. The highest BCUT2D eigenvalue weighted by Gasteiger charge is 2.28. The van der Waals surface area contributed by atoms with Crippen molar-refractivity contribution in [2.75, 3.05) is 13.1 Å². The first-order chi connectivity index (χ1) is 13.6. The summed E-state index contributed by atoms with van der Waals surface area (Å²) in [5, 5.41) is 7.29. The maximum atomic E-state index is 13.1. The largest absolute Gasteiger partial charge is 0.444 e. The van der Waals surface area contributed by atoms with Crippen LogP contribution in [0.2, 0.25) is 0 Å². The molecule has 2 amide bonds. The number of aromatic nitrogens is 2. The van der Waals surface area contributed by atoms with Gasteiger partial charge in [-0.25, -0.2) is 13.9 Å². The van der Waals surface area contributed by atoms with Crippen LogP contribution in [-0.2, 0) is 4.74 Å². The van der Waals surface area contributed by atoms with E-state index in [2.05, 4.69) is 10.4 Å². The van der Waals surface area contributed by atoms with Crippen molar-refractivity contribution in [1.82, 2.24) is 20.0 Å². The summed E-state index contributed by atoms with van der Waals surface area (Å²) in [5.74, 6) is -0.527. The van der Waals surface area contributed by atoms with Crippen LogP contribution in [0.1, 0.15) is 49.7 Å². The molecule has 1 aromatic heterocycles. The van der Waals surface area contributed by atoms with Gasteiger partial charge in [0, 0.05) is 19.1 Å². The minimum absolute atomic E-state index is 0.0187. The van der Waals surface area contributed by atoms with Gasteiger partial charge in [-0.2, -0.15) is 5.10 Å². The maximum Gasteiger partial charge on any atom is 0.410 e. The number of halogens is 1. The topological polar surface area (TPSA) is 76.5 Å². The first kappa shape index (κ1) is 20.8. The summed E-state index contributed by atoms with van der Waals surface area (Å²) in [4.78, 5) is 26.5. The van der Waals surface area contributed by atoms with Crippen LogP contribution in [0, 0.1) is 12.7 Å². The number of ether oxygens (including phenoxy) is 1. The van der Waals surface area contributed by atoms with Crippen molar-refractivity contribution in [1.29, 1.82) is 0 Å². The van der Waals surface area contributed by atoms with E-state index >= 15 is 0 Å². The molecule has 0 saturated carbocycles. The van der Waals surface area contributed by atoms with Gasteiger partial charge < -0.3 is 15.0 Å². The highest BCUT2D eigenvalue weighted by Crippen LogP contribution is 2.18. The SMILES string of the molecule is Cc1c(C(=O)NC2CCN(C(=O)OC(C)(C)C)CC2)cnn1-c1ccc(F)cc1. The number of rotatable bonds is 3. The van der Waals surface area contributed by atoms with Crippen LogP contribution in [0.25, 0.3) is 5.69 Å². The van der Waals surface area contributed by atoms with E-state index in [1.165, 1.54) is 18.3 Å². The zero-order valence-electron chi connectivity index (χ0n) is 17.2. The monoisotopic (exact) mass is 402 g/mol. The number of nitrogens with one attached hydrogen (secondary N) is 1. The lowest BCUT2D eigenvalue weighted by atomic mass is 10.0. The standard InChI is InChI=1S/C21H27FN4O3/c1-14-18(13-23-26(14)17-7-5-15(22)6-8-17)19(27)24-16-9-11-25(12-10-16)20(28)29-21(2,3)4/h5-8,13,16H,9-12H2,1-4H3,(H,24,27). The Labute approximate surface area is 169 Å².